The average Bonchev–Trinajstić information content (AvgIpc) is 3.30. The summed E-state index contributed by atoms with van der Waals surface area (Å²) in [5, 5.41) is 10.9. The van der Waals surface area contributed by atoms with Crippen LogP contribution in [0.3, 0.4) is 0 Å². The Kier molecular flexibility index (Phi) is 4.72. The van der Waals surface area contributed by atoms with Gasteiger partial charge in [-0.2, -0.15) is 0 Å². The minimum atomic E-state index is -0.393. The van der Waals surface area contributed by atoms with Crippen molar-refractivity contribution in [2.45, 2.75) is 24.3 Å². The van der Waals surface area contributed by atoms with Crippen molar-refractivity contribution in [3.05, 3.63) is 48.0 Å². The van der Waals surface area contributed by atoms with Crippen molar-refractivity contribution in [1.29, 1.82) is 0 Å². The quantitative estimate of drug-likeness (QED) is 0.669. The van der Waals surface area contributed by atoms with Crippen LogP contribution in [0.2, 0.25) is 0 Å². The van der Waals surface area contributed by atoms with E-state index in [0.29, 0.717) is 22.6 Å². The van der Waals surface area contributed by atoms with Crippen LogP contribution in [0.5, 0.6) is 11.5 Å². The number of anilines is 1. The predicted molar refractivity (Wildman–Crippen MR) is 101 cm³/mol. The summed E-state index contributed by atoms with van der Waals surface area (Å²) in [7, 11) is 0. The first-order valence-corrected chi connectivity index (χ1v) is 9.24. The predicted octanol–water partition coefficient (Wildman–Crippen LogP) is 3.89. The Hall–Kier alpha value is -3.00. The number of ether oxygens (including phenoxy) is 2. The van der Waals surface area contributed by atoms with E-state index in [0.717, 1.165) is 16.8 Å². The van der Waals surface area contributed by atoms with Crippen molar-refractivity contribution in [3.63, 3.8) is 0 Å². The summed E-state index contributed by atoms with van der Waals surface area (Å²) in [5.74, 6) is 1.57. The Bertz CT molecular complexity index is 989. The number of hydrogen-bond donors (Lipinski definition) is 1. The van der Waals surface area contributed by atoms with E-state index in [-0.39, 0.29) is 12.7 Å². The highest BCUT2D eigenvalue weighted by Crippen LogP contribution is 2.36. The lowest BCUT2D eigenvalue weighted by Gasteiger charge is -2.10. The number of amides is 1. The van der Waals surface area contributed by atoms with Crippen molar-refractivity contribution >= 4 is 23.4 Å². The van der Waals surface area contributed by atoms with E-state index >= 15 is 0 Å². The third kappa shape index (κ3) is 3.90. The number of nitrogens with zero attached hydrogens (tertiary/aromatic N) is 2. The van der Waals surface area contributed by atoms with E-state index in [2.05, 4.69) is 15.5 Å². The van der Waals surface area contributed by atoms with Crippen LogP contribution < -0.4 is 14.8 Å². The zero-order valence-corrected chi connectivity index (χ0v) is 15.6. The van der Waals surface area contributed by atoms with Crippen molar-refractivity contribution < 1.29 is 18.7 Å². The molecule has 1 aliphatic rings. The maximum atomic E-state index is 12.4. The molecule has 1 aliphatic heterocycles. The molecule has 0 aliphatic carbocycles. The maximum Gasteiger partial charge on any atom is 0.277 e. The van der Waals surface area contributed by atoms with Gasteiger partial charge in [-0.3, -0.25) is 4.79 Å². The van der Waals surface area contributed by atoms with Gasteiger partial charge in [0.1, 0.15) is 0 Å². The van der Waals surface area contributed by atoms with Crippen LogP contribution in [0.25, 0.3) is 11.5 Å². The second-order valence-corrected chi connectivity index (χ2v) is 7.35. The van der Waals surface area contributed by atoms with Crippen LogP contribution in [-0.4, -0.2) is 28.1 Å². The van der Waals surface area contributed by atoms with Crippen LogP contribution in [0, 0.1) is 6.92 Å². The number of aromatic nitrogens is 2. The number of fused-ring (bicyclic) bond motifs is 1. The largest absolute Gasteiger partial charge is 0.454 e. The Morgan fingerprint density at radius 3 is 2.85 bits per heavy atom. The van der Waals surface area contributed by atoms with Gasteiger partial charge in [-0.05, 0) is 49.7 Å². The Labute approximate surface area is 160 Å². The van der Waals surface area contributed by atoms with Gasteiger partial charge in [0, 0.05) is 11.3 Å². The molecule has 1 amide bonds. The summed E-state index contributed by atoms with van der Waals surface area (Å²) in [6, 6.07) is 13.1. The van der Waals surface area contributed by atoms with E-state index in [1.54, 1.807) is 19.1 Å². The summed E-state index contributed by atoms with van der Waals surface area (Å²) in [6.07, 6.45) is 0. The van der Waals surface area contributed by atoms with E-state index in [1.165, 1.54) is 11.8 Å². The zero-order valence-electron chi connectivity index (χ0n) is 14.8. The van der Waals surface area contributed by atoms with Crippen molar-refractivity contribution in [2.24, 2.45) is 0 Å². The molecule has 0 unspecified atom stereocenters. The van der Waals surface area contributed by atoms with Crippen molar-refractivity contribution in [1.82, 2.24) is 10.2 Å². The molecule has 8 heteroatoms. The highest BCUT2D eigenvalue weighted by molar-refractivity contribution is 8.00. The topological polar surface area (TPSA) is 86.5 Å². The van der Waals surface area contributed by atoms with Gasteiger partial charge in [0.15, 0.2) is 11.5 Å². The van der Waals surface area contributed by atoms with E-state index in [1.807, 2.05) is 37.3 Å². The number of hydrogen-bond acceptors (Lipinski definition) is 7. The summed E-state index contributed by atoms with van der Waals surface area (Å²) in [5.41, 5.74) is 2.58. The van der Waals surface area contributed by atoms with Crippen molar-refractivity contribution in [3.8, 4) is 23.0 Å². The molecule has 4 rings (SSSR count). The normalized spacial score (nSPS) is 13.4. The molecule has 0 saturated carbocycles. The molecule has 0 spiro atoms. The SMILES string of the molecule is Cc1cccc(NC(=O)[C@@H](C)Sc2nnc(-c3ccc4c(c3)OCO4)o2)c1. The fourth-order valence-electron chi connectivity index (χ4n) is 2.58. The molecule has 0 radical (unpaired) electrons. The lowest BCUT2D eigenvalue weighted by atomic mass is 10.2. The fraction of sp³-hybridized carbons (Fsp3) is 0.211. The molecule has 1 atom stereocenters. The van der Waals surface area contributed by atoms with Gasteiger partial charge < -0.3 is 19.2 Å². The Morgan fingerprint density at radius 2 is 2.00 bits per heavy atom. The summed E-state index contributed by atoms with van der Waals surface area (Å²) in [4.78, 5) is 12.4. The van der Waals surface area contributed by atoms with Crippen LogP contribution >= 0.6 is 11.8 Å². The van der Waals surface area contributed by atoms with E-state index < -0.39 is 5.25 Å². The Morgan fingerprint density at radius 1 is 1.15 bits per heavy atom. The lowest BCUT2D eigenvalue weighted by Crippen LogP contribution is -2.22. The average molecular weight is 383 g/mol. The number of nitrogens with one attached hydrogen (secondary N) is 1. The first-order chi connectivity index (χ1) is 13.1. The number of rotatable bonds is 5. The standard InChI is InChI=1S/C19H17N3O4S/c1-11-4-3-5-14(8-11)20-17(23)12(2)27-19-22-21-18(26-19)13-6-7-15-16(9-13)25-10-24-15/h3-9,12H,10H2,1-2H3,(H,20,23)/t12-/m1/s1. The van der Waals surface area contributed by atoms with Crippen LogP contribution in [0.1, 0.15) is 12.5 Å². The molecule has 138 valence electrons. The van der Waals surface area contributed by atoms with E-state index in [4.69, 9.17) is 13.9 Å². The maximum absolute atomic E-state index is 12.4. The minimum Gasteiger partial charge on any atom is -0.454 e. The molecule has 3 aromatic rings. The molecule has 0 bridgehead atoms. The van der Waals surface area contributed by atoms with Gasteiger partial charge in [-0.1, -0.05) is 23.9 Å². The number of benzene rings is 2. The molecule has 0 fully saturated rings. The lowest BCUT2D eigenvalue weighted by molar-refractivity contribution is -0.115. The molecular weight excluding hydrogens is 366 g/mol. The molecule has 1 N–H and O–H groups in total. The van der Waals surface area contributed by atoms with Crippen LogP contribution in [0.15, 0.2) is 52.1 Å². The third-order valence-corrected chi connectivity index (χ3v) is 4.89. The van der Waals surface area contributed by atoms with Crippen molar-refractivity contribution in [2.75, 3.05) is 12.1 Å². The number of thioether (sulfide) groups is 1. The fourth-order valence-corrected chi connectivity index (χ4v) is 3.26. The van der Waals surface area contributed by atoms with Gasteiger partial charge in [0.2, 0.25) is 18.6 Å². The monoisotopic (exact) mass is 383 g/mol. The van der Waals surface area contributed by atoms with Gasteiger partial charge in [-0.25, -0.2) is 0 Å². The molecule has 7 nitrogen and oxygen atoms in total. The van der Waals surface area contributed by atoms with Gasteiger partial charge in [-0.15, -0.1) is 10.2 Å². The summed E-state index contributed by atoms with van der Waals surface area (Å²) >= 11 is 1.21. The number of carbonyl (C=O) groups excluding carboxylic acids is 1. The molecule has 27 heavy (non-hydrogen) atoms. The molecule has 2 heterocycles. The zero-order chi connectivity index (χ0) is 18.8. The Balaban J connectivity index is 1.42. The first-order valence-electron chi connectivity index (χ1n) is 8.36. The van der Waals surface area contributed by atoms with Gasteiger partial charge in [0.25, 0.3) is 5.22 Å². The highest BCUT2D eigenvalue weighted by Gasteiger charge is 2.20. The number of aryl methyl sites for hydroxylation is 1. The highest BCUT2D eigenvalue weighted by atomic mass is 32.2. The van der Waals surface area contributed by atoms with Crippen LogP contribution in [-0.2, 0) is 4.79 Å². The van der Waals surface area contributed by atoms with E-state index in [9.17, 15) is 4.79 Å². The minimum absolute atomic E-state index is 0.131. The van der Waals surface area contributed by atoms with Gasteiger partial charge >= 0.3 is 0 Å². The molecule has 0 saturated heterocycles. The first kappa shape index (κ1) is 17.4. The number of carbonyl (C=O) groups is 1. The van der Waals surface area contributed by atoms with Crippen LogP contribution in [0.4, 0.5) is 5.69 Å². The summed E-state index contributed by atoms with van der Waals surface area (Å²) < 4.78 is 16.3. The third-order valence-electron chi connectivity index (χ3n) is 3.96. The molecule has 1 aromatic heterocycles. The van der Waals surface area contributed by atoms with Gasteiger partial charge in [0.05, 0.1) is 5.25 Å². The second-order valence-electron chi connectivity index (χ2n) is 6.06. The molecular formula is C19H17N3O4S. The second kappa shape index (κ2) is 7.32. The smallest absolute Gasteiger partial charge is 0.277 e. The molecule has 2 aromatic carbocycles. The summed E-state index contributed by atoms with van der Waals surface area (Å²) in [6.45, 7) is 3.97.